The van der Waals surface area contributed by atoms with Crippen molar-refractivity contribution in [1.82, 2.24) is 20.4 Å². The number of hydrogen-bond donors (Lipinski definition) is 1. The van der Waals surface area contributed by atoms with Crippen LogP contribution < -0.4 is 5.32 Å². The van der Waals surface area contributed by atoms with Crippen molar-refractivity contribution in [2.24, 2.45) is 0 Å². The predicted molar refractivity (Wildman–Crippen MR) is 118 cm³/mol. The topological polar surface area (TPSA) is 80.5 Å². The first kappa shape index (κ1) is 22.8. The molecule has 0 aromatic carbocycles. The number of amides is 1. The van der Waals surface area contributed by atoms with Crippen molar-refractivity contribution in [1.29, 1.82) is 0 Å². The van der Waals surface area contributed by atoms with Crippen LogP contribution in [0.1, 0.15) is 55.1 Å². The third kappa shape index (κ3) is 5.42. The quantitative estimate of drug-likeness (QED) is 0.670. The number of morpholine rings is 1. The summed E-state index contributed by atoms with van der Waals surface area (Å²) in [6.07, 6.45) is 2.09. The number of nitrogens with one attached hydrogen (secondary N) is 1. The van der Waals surface area contributed by atoms with Crippen LogP contribution in [0, 0.1) is 13.8 Å². The van der Waals surface area contributed by atoms with Crippen molar-refractivity contribution in [3.8, 4) is 0 Å². The average molecular weight is 433 g/mol. The van der Waals surface area contributed by atoms with Crippen molar-refractivity contribution in [2.75, 3.05) is 19.6 Å². The van der Waals surface area contributed by atoms with Gasteiger partial charge in [-0.25, -0.2) is 4.98 Å². The molecule has 1 aliphatic heterocycles. The number of nitrogens with zero attached hydrogens (tertiary/aromatic N) is 3. The summed E-state index contributed by atoms with van der Waals surface area (Å²) in [5.74, 6) is 1.36. The highest BCUT2D eigenvalue weighted by Crippen LogP contribution is 2.27. The normalized spacial score (nSPS) is 20.3. The van der Waals surface area contributed by atoms with Crippen molar-refractivity contribution in [2.45, 2.75) is 70.1 Å². The van der Waals surface area contributed by atoms with Crippen LogP contribution in [-0.2, 0) is 10.5 Å². The lowest BCUT2D eigenvalue weighted by Gasteiger charge is -2.45. The Morgan fingerprint density at radius 2 is 2.00 bits per heavy atom. The molecule has 0 aliphatic carbocycles. The molecule has 7 nitrogen and oxygen atoms in total. The van der Waals surface area contributed by atoms with E-state index in [0.717, 1.165) is 30.1 Å². The molecule has 1 amide bonds. The minimum absolute atomic E-state index is 0.105. The van der Waals surface area contributed by atoms with Gasteiger partial charge in [-0.3, -0.25) is 9.69 Å². The fraction of sp³-hybridized carbons (Fsp3) is 0.591. The molecule has 0 spiro atoms. The lowest BCUT2D eigenvalue weighted by atomic mass is 10.00. The number of carbonyl (C=O) groups excluding carboxylic acids is 1. The molecule has 0 unspecified atom stereocenters. The standard InChI is InChI=1S/C22H32N4O3S/c1-14-10-26(11-15(2)28-14)22(5,6)13-24-20(27)18-8-7-9-23-21(18)30-12-19-16(3)25-29-17(19)4/h7-9,14-15H,10-13H2,1-6H3,(H,24,27)/t14-,15+. The number of thioether (sulfide) groups is 1. The van der Waals surface area contributed by atoms with E-state index in [4.69, 9.17) is 9.26 Å². The highest BCUT2D eigenvalue weighted by molar-refractivity contribution is 7.98. The summed E-state index contributed by atoms with van der Waals surface area (Å²) in [5, 5.41) is 7.82. The molecule has 0 saturated carbocycles. The van der Waals surface area contributed by atoms with Crippen molar-refractivity contribution < 1.29 is 14.1 Å². The minimum atomic E-state index is -0.172. The summed E-state index contributed by atoms with van der Waals surface area (Å²) in [5.41, 5.74) is 2.34. The summed E-state index contributed by atoms with van der Waals surface area (Å²) in [6.45, 7) is 14.6. The fourth-order valence-electron chi connectivity index (χ4n) is 3.70. The van der Waals surface area contributed by atoms with E-state index in [2.05, 4.69) is 48.1 Å². The number of pyridine rings is 1. The molecule has 1 fully saturated rings. The maximum Gasteiger partial charge on any atom is 0.254 e. The van der Waals surface area contributed by atoms with Gasteiger partial charge in [0.15, 0.2) is 0 Å². The molecule has 164 valence electrons. The zero-order valence-electron chi connectivity index (χ0n) is 18.7. The average Bonchev–Trinajstić information content (AvgIpc) is 3.01. The first-order valence-electron chi connectivity index (χ1n) is 10.4. The molecule has 2 aromatic heterocycles. The van der Waals surface area contributed by atoms with E-state index in [0.29, 0.717) is 22.9 Å². The van der Waals surface area contributed by atoms with Crippen molar-refractivity contribution in [3.63, 3.8) is 0 Å². The summed E-state index contributed by atoms with van der Waals surface area (Å²) < 4.78 is 11.1. The van der Waals surface area contributed by atoms with Gasteiger partial charge in [0.1, 0.15) is 10.8 Å². The van der Waals surface area contributed by atoms with Crippen molar-refractivity contribution >= 4 is 17.7 Å². The maximum atomic E-state index is 13.0. The molecule has 1 saturated heterocycles. The first-order valence-corrected chi connectivity index (χ1v) is 11.3. The van der Waals surface area contributed by atoms with Crippen LogP contribution in [0.4, 0.5) is 0 Å². The Morgan fingerprint density at radius 1 is 1.30 bits per heavy atom. The molecular weight excluding hydrogens is 400 g/mol. The summed E-state index contributed by atoms with van der Waals surface area (Å²) in [6, 6.07) is 3.62. The molecule has 8 heteroatoms. The second-order valence-electron chi connectivity index (χ2n) is 8.60. The van der Waals surface area contributed by atoms with E-state index in [-0.39, 0.29) is 23.7 Å². The Hall–Kier alpha value is -1.90. The molecule has 0 radical (unpaired) electrons. The molecule has 2 atom stereocenters. The van der Waals surface area contributed by atoms with Gasteiger partial charge in [0.25, 0.3) is 5.91 Å². The highest BCUT2D eigenvalue weighted by Gasteiger charge is 2.33. The van der Waals surface area contributed by atoms with Crippen LogP contribution in [0.3, 0.4) is 0 Å². The summed E-state index contributed by atoms with van der Waals surface area (Å²) >= 11 is 1.52. The third-order valence-electron chi connectivity index (χ3n) is 5.51. The van der Waals surface area contributed by atoms with Crippen LogP contribution in [0.25, 0.3) is 0 Å². The molecule has 2 aromatic rings. The monoisotopic (exact) mass is 432 g/mol. The van der Waals surface area contributed by atoms with Crippen LogP contribution in [-0.4, -0.2) is 58.3 Å². The number of aryl methyl sites for hydroxylation is 2. The Balaban J connectivity index is 1.64. The highest BCUT2D eigenvalue weighted by atomic mass is 32.2. The lowest BCUT2D eigenvalue weighted by molar-refractivity contribution is -0.0948. The second-order valence-corrected chi connectivity index (χ2v) is 9.57. The van der Waals surface area contributed by atoms with Crippen LogP contribution >= 0.6 is 11.8 Å². The van der Waals surface area contributed by atoms with Gasteiger partial charge in [-0.1, -0.05) is 5.16 Å². The summed E-state index contributed by atoms with van der Waals surface area (Å²) in [7, 11) is 0. The van der Waals surface area contributed by atoms with Gasteiger partial charge in [-0.2, -0.15) is 0 Å². The van der Waals surface area contributed by atoms with Crippen LogP contribution in [0.5, 0.6) is 0 Å². The minimum Gasteiger partial charge on any atom is -0.373 e. The van der Waals surface area contributed by atoms with E-state index in [1.54, 1.807) is 12.3 Å². The maximum absolute atomic E-state index is 13.0. The van der Waals surface area contributed by atoms with E-state index in [1.807, 2.05) is 19.9 Å². The van der Waals surface area contributed by atoms with Gasteiger partial charge in [0.05, 0.1) is 23.5 Å². The summed E-state index contributed by atoms with van der Waals surface area (Å²) in [4.78, 5) is 19.8. The predicted octanol–water partition coefficient (Wildman–Crippen LogP) is 3.60. The molecule has 3 rings (SSSR count). The van der Waals surface area contributed by atoms with Crippen LogP contribution in [0.2, 0.25) is 0 Å². The molecule has 0 bridgehead atoms. The molecule has 1 N–H and O–H groups in total. The Morgan fingerprint density at radius 3 is 2.63 bits per heavy atom. The van der Waals surface area contributed by atoms with E-state index < -0.39 is 0 Å². The van der Waals surface area contributed by atoms with Gasteiger partial charge in [0.2, 0.25) is 0 Å². The van der Waals surface area contributed by atoms with E-state index in [1.165, 1.54) is 11.8 Å². The number of rotatable bonds is 7. The third-order valence-corrected chi connectivity index (χ3v) is 6.54. The van der Waals surface area contributed by atoms with Gasteiger partial charge >= 0.3 is 0 Å². The van der Waals surface area contributed by atoms with Crippen molar-refractivity contribution in [3.05, 3.63) is 40.9 Å². The zero-order chi connectivity index (χ0) is 21.9. The van der Waals surface area contributed by atoms with Gasteiger partial charge in [-0.05, 0) is 53.7 Å². The SMILES string of the molecule is Cc1noc(C)c1CSc1ncccc1C(=O)NCC(C)(C)N1C[C@@H](C)O[C@@H](C)C1. The van der Waals surface area contributed by atoms with E-state index in [9.17, 15) is 4.79 Å². The largest absolute Gasteiger partial charge is 0.373 e. The molecule has 1 aliphatic rings. The second kappa shape index (κ2) is 9.49. The fourth-order valence-corrected chi connectivity index (χ4v) is 4.85. The van der Waals surface area contributed by atoms with Gasteiger partial charge < -0.3 is 14.6 Å². The van der Waals surface area contributed by atoms with Gasteiger partial charge in [0, 0.05) is 42.7 Å². The number of ether oxygens (including phenoxy) is 1. The Labute approximate surface area is 182 Å². The number of carbonyl (C=O) groups is 1. The lowest BCUT2D eigenvalue weighted by Crippen LogP contribution is -2.58. The number of hydrogen-bond acceptors (Lipinski definition) is 7. The zero-order valence-corrected chi connectivity index (χ0v) is 19.5. The molecule has 30 heavy (non-hydrogen) atoms. The Bertz CT molecular complexity index is 854. The van der Waals surface area contributed by atoms with Crippen LogP contribution in [0.15, 0.2) is 27.9 Å². The van der Waals surface area contributed by atoms with Gasteiger partial charge in [-0.15, -0.1) is 11.8 Å². The Kier molecular flexibility index (Phi) is 7.21. The first-order chi connectivity index (χ1) is 14.2. The molecule has 3 heterocycles. The van der Waals surface area contributed by atoms with E-state index >= 15 is 0 Å². The smallest absolute Gasteiger partial charge is 0.254 e. The number of aromatic nitrogens is 2. The molecular formula is C22H32N4O3S.